The van der Waals surface area contributed by atoms with Gasteiger partial charge in [0, 0.05) is 24.8 Å². The number of hydrogen-bond donors (Lipinski definition) is 1. The number of rotatable bonds is 6. The number of oxime groups is 1. The summed E-state index contributed by atoms with van der Waals surface area (Å²) < 4.78 is 0. The molecule has 0 radical (unpaired) electrons. The second-order valence-corrected chi connectivity index (χ2v) is 4.14. The molecule has 0 amide bonds. The molecule has 0 unspecified atom stereocenters. The van der Waals surface area contributed by atoms with E-state index in [0.717, 1.165) is 42.9 Å². The Kier molecular flexibility index (Phi) is 5.46. The fraction of sp³-hybridized carbons (Fsp3) is 0.538. The lowest BCUT2D eigenvalue weighted by molar-refractivity contribution is 0.322. The molecule has 0 saturated heterocycles. The van der Waals surface area contributed by atoms with Crippen molar-refractivity contribution in [3.63, 3.8) is 0 Å². The summed E-state index contributed by atoms with van der Waals surface area (Å²) in [6.07, 6.45) is 5.36. The first kappa shape index (κ1) is 13.5. The van der Waals surface area contributed by atoms with Gasteiger partial charge in [-0.05, 0) is 31.4 Å². The standard InChI is InChI=1S/C13H21N3O/c1-4-6-16(7-5-2)13-11(3)8-12(9-14-13)10-15-17/h8-10,17H,4-7H2,1-3H3/b15-10-. The highest BCUT2D eigenvalue weighted by atomic mass is 16.4. The zero-order valence-electron chi connectivity index (χ0n) is 10.8. The van der Waals surface area contributed by atoms with Crippen molar-refractivity contribution in [2.24, 2.45) is 5.16 Å². The van der Waals surface area contributed by atoms with Crippen molar-refractivity contribution < 1.29 is 5.21 Å². The van der Waals surface area contributed by atoms with Crippen LogP contribution in [0.2, 0.25) is 0 Å². The summed E-state index contributed by atoms with van der Waals surface area (Å²) in [4.78, 5) is 6.76. The van der Waals surface area contributed by atoms with E-state index in [-0.39, 0.29) is 0 Å². The molecule has 1 N–H and O–H groups in total. The molecule has 1 aromatic rings. The molecule has 1 heterocycles. The molecule has 0 aliphatic carbocycles. The maximum Gasteiger partial charge on any atom is 0.131 e. The molecule has 0 aliphatic rings. The number of hydrogen-bond acceptors (Lipinski definition) is 4. The van der Waals surface area contributed by atoms with Crippen LogP contribution in [0, 0.1) is 6.92 Å². The fourth-order valence-electron chi connectivity index (χ4n) is 1.92. The third kappa shape index (κ3) is 3.73. The Morgan fingerprint density at radius 2 is 2.00 bits per heavy atom. The Morgan fingerprint density at radius 1 is 1.35 bits per heavy atom. The fourth-order valence-corrected chi connectivity index (χ4v) is 1.92. The lowest BCUT2D eigenvalue weighted by atomic mass is 10.2. The molecule has 0 saturated carbocycles. The third-order valence-corrected chi connectivity index (χ3v) is 2.57. The second-order valence-electron chi connectivity index (χ2n) is 4.14. The topological polar surface area (TPSA) is 48.7 Å². The van der Waals surface area contributed by atoms with Gasteiger partial charge in [-0.25, -0.2) is 4.98 Å². The first-order chi connectivity index (χ1) is 8.22. The maximum absolute atomic E-state index is 8.49. The van der Waals surface area contributed by atoms with E-state index >= 15 is 0 Å². The molecule has 4 heteroatoms. The normalized spacial score (nSPS) is 11.0. The quantitative estimate of drug-likeness (QED) is 0.468. The van der Waals surface area contributed by atoms with Crippen molar-refractivity contribution in [3.05, 3.63) is 23.4 Å². The van der Waals surface area contributed by atoms with E-state index in [1.807, 2.05) is 13.0 Å². The van der Waals surface area contributed by atoms with Gasteiger partial charge in [-0.3, -0.25) is 0 Å². The van der Waals surface area contributed by atoms with Crippen LogP contribution >= 0.6 is 0 Å². The predicted octanol–water partition coefficient (Wildman–Crippen LogP) is 2.82. The van der Waals surface area contributed by atoms with Gasteiger partial charge in [0.25, 0.3) is 0 Å². The van der Waals surface area contributed by atoms with Crippen molar-refractivity contribution in [1.82, 2.24) is 4.98 Å². The van der Waals surface area contributed by atoms with Crippen LogP contribution in [0.15, 0.2) is 17.4 Å². The number of pyridine rings is 1. The van der Waals surface area contributed by atoms with E-state index < -0.39 is 0 Å². The Morgan fingerprint density at radius 3 is 2.47 bits per heavy atom. The molecular weight excluding hydrogens is 214 g/mol. The average Bonchev–Trinajstić information content (AvgIpc) is 2.29. The van der Waals surface area contributed by atoms with Crippen molar-refractivity contribution >= 4 is 12.0 Å². The van der Waals surface area contributed by atoms with E-state index in [1.165, 1.54) is 6.21 Å². The van der Waals surface area contributed by atoms with E-state index in [4.69, 9.17) is 5.21 Å². The van der Waals surface area contributed by atoms with Gasteiger partial charge in [0.05, 0.1) is 6.21 Å². The van der Waals surface area contributed by atoms with Crippen LogP contribution in [0.4, 0.5) is 5.82 Å². The van der Waals surface area contributed by atoms with E-state index in [0.29, 0.717) is 0 Å². The largest absolute Gasteiger partial charge is 0.411 e. The monoisotopic (exact) mass is 235 g/mol. The van der Waals surface area contributed by atoms with Crippen LogP contribution < -0.4 is 4.90 Å². The molecule has 1 aromatic heterocycles. The maximum atomic E-state index is 8.49. The zero-order chi connectivity index (χ0) is 12.7. The minimum Gasteiger partial charge on any atom is -0.411 e. The molecular formula is C13H21N3O. The Balaban J connectivity index is 2.95. The molecule has 0 aliphatic heterocycles. The number of aromatic nitrogens is 1. The highest BCUT2D eigenvalue weighted by Crippen LogP contribution is 2.18. The lowest BCUT2D eigenvalue weighted by Gasteiger charge is -2.24. The van der Waals surface area contributed by atoms with Crippen LogP contribution in [0.3, 0.4) is 0 Å². The van der Waals surface area contributed by atoms with Gasteiger partial charge < -0.3 is 10.1 Å². The molecule has 94 valence electrons. The van der Waals surface area contributed by atoms with Crippen molar-refractivity contribution in [2.45, 2.75) is 33.6 Å². The van der Waals surface area contributed by atoms with Crippen molar-refractivity contribution in [2.75, 3.05) is 18.0 Å². The van der Waals surface area contributed by atoms with Crippen LogP contribution in [0.5, 0.6) is 0 Å². The van der Waals surface area contributed by atoms with E-state index in [9.17, 15) is 0 Å². The molecule has 4 nitrogen and oxygen atoms in total. The smallest absolute Gasteiger partial charge is 0.131 e. The molecule has 17 heavy (non-hydrogen) atoms. The summed E-state index contributed by atoms with van der Waals surface area (Å²) in [5, 5.41) is 11.5. The van der Waals surface area contributed by atoms with Crippen LogP contribution in [0.1, 0.15) is 37.8 Å². The highest BCUT2D eigenvalue weighted by Gasteiger charge is 2.09. The highest BCUT2D eigenvalue weighted by molar-refractivity contribution is 5.79. The van der Waals surface area contributed by atoms with Gasteiger partial charge in [-0.1, -0.05) is 19.0 Å². The summed E-state index contributed by atoms with van der Waals surface area (Å²) >= 11 is 0. The van der Waals surface area contributed by atoms with E-state index in [2.05, 4.69) is 28.9 Å². The first-order valence-corrected chi connectivity index (χ1v) is 6.11. The molecule has 0 atom stereocenters. The summed E-state index contributed by atoms with van der Waals surface area (Å²) in [6.45, 7) is 8.43. The van der Waals surface area contributed by atoms with Gasteiger partial charge in [-0.2, -0.15) is 0 Å². The van der Waals surface area contributed by atoms with Crippen LogP contribution in [0.25, 0.3) is 0 Å². The average molecular weight is 235 g/mol. The lowest BCUT2D eigenvalue weighted by Crippen LogP contribution is -2.26. The van der Waals surface area contributed by atoms with Gasteiger partial charge >= 0.3 is 0 Å². The summed E-state index contributed by atoms with van der Waals surface area (Å²) in [6, 6.07) is 1.99. The number of nitrogens with zero attached hydrogens (tertiary/aromatic N) is 3. The zero-order valence-corrected chi connectivity index (χ0v) is 10.8. The number of anilines is 1. The van der Waals surface area contributed by atoms with Gasteiger partial charge in [-0.15, -0.1) is 0 Å². The Labute approximate surface area is 103 Å². The molecule has 0 aromatic carbocycles. The van der Waals surface area contributed by atoms with Crippen molar-refractivity contribution in [1.29, 1.82) is 0 Å². The predicted molar refractivity (Wildman–Crippen MR) is 71.1 cm³/mol. The SMILES string of the molecule is CCCN(CCC)c1ncc(/C=N\O)cc1C. The summed E-state index contributed by atoms with van der Waals surface area (Å²) in [7, 11) is 0. The molecule has 0 bridgehead atoms. The minimum absolute atomic E-state index is 0.821. The second kappa shape index (κ2) is 6.89. The molecule has 0 fully saturated rings. The first-order valence-electron chi connectivity index (χ1n) is 6.11. The number of aryl methyl sites for hydroxylation is 1. The minimum atomic E-state index is 0.821. The van der Waals surface area contributed by atoms with Gasteiger partial charge in [0.2, 0.25) is 0 Å². The van der Waals surface area contributed by atoms with Crippen molar-refractivity contribution in [3.8, 4) is 0 Å². The van der Waals surface area contributed by atoms with Gasteiger partial charge in [0.1, 0.15) is 5.82 Å². The summed E-state index contributed by atoms with van der Waals surface area (Å²) in [5.74, 6) is 1.03. The Hall–Kier alpha value is -1.58. The van der Waals surface area contributed by atoms with Gasteiger partial charge in [0.15, 0.2) is 0 Å². The van der Waals surface area contributed by atoms with Crippen LogP contribution in [-0.4, -0.2) is 29.5 Å². The van der Waals surface area contributed by atoms with Crippen LogP contribution in [-0.2, 0) is 0 Å². The third-order valence-electron chi connectivity index (χ3n) is 2.57. The summed E-state index contributed by atoms with van der Waals surface area (Å²) in [5.41, 5.74) is 1.94. The molecule has 0 spiro atoms. The Bertz CT molecular complexity index is 371. The van der Waals surface area contributed by atoms with E-state index in [1.54, 1.807) is 6.20 Å². The molecule has 1 rings (SSSR count).